The first-order valence-corrected chi connectivity index (χ1v) is 9.35. The lowest BCUT2D eigenvalue weighted by Gasteiger charge is -2.32. The fraction of sp³-hybridized carbons (Fsp3) is 0.692. The number of nitrogens with one attached hydrogen (secondary N) is 1. The summed E-state index contributed by atoms with van der Waals surface area (Å²) in [7, 11) is -3.30. The Morgan fingerprint density at radius 1 is 1.20 bits per heavy atom. The average Bonchev–Trinajstić information content (AvgIpc) is 2.94. The minimum Gasteiger partial charge on any atom is -0.312 e. The Morgan fingerprint density at radius 3 is 2.50 bits per heavy atom. The van der Waals surface area contributed by atoms with Crippen LogP contribution in [-0.2, 0) is 16.6 Å². The number of piperazine rings is 1. The highest BCUT2D eigenvalue weighted by atomic mass is 32.2. The second-order valence-corrected chi connectivity index (χ2v) is 8.17. The topological polar surface area (TPSA) is 52.7 Å². The summed E-state index contributed by atoms with van der Waals surface area (Å²) < 4.78 is 27.2. The molecule has 0 aromatic carbocycles. The summed E-state index contributed by atoms with van der Waals surface area (Å²) in [6.07, 6.45) is 0. The second-order valence-electron chi connectivity index (χ2n) is 4.84. The molecule has 20 heavy (non-hydrogen) atoms. The fourth-order valence-electron chi connectivity index (χ4n) is 2.25. The molecule has 0 unspecified atom stereocenters. The standard InChI is InChI=1S/C13H23N3O2S2/c1-3-14-11-12-5-6-13(19-12)20(17,18)16-9-7-15(4-2)8-10-16/h5-6,14H,3-4,7-11H2,1-2H3. The Morgan fingerprint density at radius 2 is 1.90 bits per heavy atom. The third-order valence-corrected chi connectivity index (χ3v) is 7.01. The van der Waals surface area contributed by atoms with Crippen LogP contribution < -0.4 is 5.32 Å². The summed E-state index contributed by atoms with van der Waals surface area (Å²) in [4.78, 5) is 3.34. The molecule has 1 aromatic heterocycles. The van der Waals surface area contributed by atoms with Crippen LogP contribution in [0.25, 0.3) is 0 Å². The van der Waals surface area contributed by atoms with Crippen LogP contribution in [-0.4, -0.2) is 56.9 Å². The third kappa shape index (κ3) is 3.59. The molecule has 1 aliphatic heterocycles. The predicted molar refractivity (Wildman–Crippen MR) is 82.6 cm³/mol. The third-order valence-electron chi connectivity index (χ3n) is 3.56. The predicted octanol–water partition coefficient (Wildman–Crippen LogP) is 1.18. The van der Waals surface area contributed by atoms with Crippen molar-refractivity contribution in [2.45, 2.75) is 24.6 Å². The van der Waals surface area contributed by atoms with Gasteiger partial charge in [-0.3, -0.25) is 0 Å². The molecule has 0 bridgehead atoms. The van der Waals surface area contributed by atoms with E-state index in [1.165, 1.54) is 11.3 Å². The van der Waals surface area contributed by atoms with E-state index >= 15 is 0 Å². The van der Waals surface area contributed by atoms with Gasteiger partial charge in [-0.25, -0.2) is 8.42 Å². The van der Waals surface area contributed by atoms with E-state index in [0.29, 0.717) is 17.3 Å². The van der Waals surface area contributed by atoms with Gasteiger partial charge in [-0.2, -0.15) is 4.31 Å². The van der Waals surface area contributed by atoms with E-state index in [0.717, 1.165) is 37.6 Å². The van der Waals surface area contributed by atoms with E-state index in [-0.39, 0.29) is 0 Å². The summed E-state index contributed by atoms with van der Waals surface area (Å²) in [5, 5.41) is 3.22. The van der Waals surface area contributed by atoms with E-state index in [2.05, 4.69) is 17.1 Å². The van der Waals surface area contributed by atoms with Crippen molar-refractivity contribution >= 4 is 21.4 Å². The summed E-state index contributed by atoms with van der Waals surface area (Å²) in [6.45, 7) is 9.60. The zero-order valence-corrected chi connectivity index (χ0v) is 13.8. The summed E-state index contributed by atoms with van der Waals surface area (Å²) in [5.41, 5.74) is 0. The molecule has 1 N–H and O–H groups in total. The SMILES string of the molecule is CCNCc1ccc(S(=O)(=O)N2CCN(CC)CC2)s1. The number of sulfonamides is 1. The minimum atomic E-state index is -3.30. The highest BCUT2D eigenvalue weighted by molar-refractivity contribution is 7.91. The van der Waals surface area contributed by atoms with Gasteiger partial charge in [0.1, 0.15) is 4.21 Å². The molecule has 1 aliphatic rings. The molecule has 0 saturated carbocycles. The van der Waals surface area contributed by atoms with Gasteiger partial charge in [0.15, 0.2) is 0 Å². The lowest BCUT2D eigenvalue weighted by atomic mass is 10.4. The largest absolute Gasteiger partial charge is 0.312 e. The first kappa shape index (κ1) is 15.9. The maximum atomic E-state index is 12.6. The quantitative estimate of drug-likeness (QED) is 0.856. The molecule has 0 spiro atoms. The van der Waals surface area contributed by atoms with Crippen molar-refractivity contribution in [3.8, 4) is 0 Å². The van der Waals surface area contributed by atoms with Gasteiger partial charge in [-0.05, 0) is 25.2 Å². The van der Waals surface area contributed by atoms with Crippen molar-refractivity contribution in [3.63, 3.8) is 0 Å². The summed E-state index contributed by atoms with van der Waals surface area (Å²) in [5.74, 6) is 0. The molecular weight excluding hydrogens is 294 g/mol. The van der Waals surface area contributed by atoms with Gasteiger partial charge in [-0.1, -0.05) is 13.8 Å². The highest BCUT2D eigenvalue weighted by Gasteiger charge is 2.29. The van der Waals surface area contributed by atoms with Crippen LogP contribution in [0.5, 0.6) is 0 Å². The molecule has 0 aliphatic carbocycles. The van der Waals surface area contributed by atoms with Gasteiger partial charge in [0.2, 0.25) is 0 Å². The number of rotatable bonds is 6. The highest BCUT2D eigenvalue weighted by Crippen LogP contribution is 2.25. The van der Waals surface area contributed by atoms with E-state index in [1.807, 2.05) is 13.0 Å². The molecule has 0 atom stereocenters. The Labute approximate surface area is 125 Å². The van der Waals surface area contributed by atoms with Crippen LogP contribution in [0.3, 0.4) is 0 Å². The number of thiophene rings is 1. The Bertz CT molecular complexity index is 519. The van der Waals surface area contributed by atoms with Gasteiger partial charge < -0.3 is 10.2 Å². The molecule has 1 saturated heterocycles. The van der Waals surface area contributed by atoms with Gasteiger partial charge in [0.05, 0.1) is 0 Å². The molecule has 2 rings (SSSR count). The summed E-state index contributed by atoms with van der Waals surface area (Å²) >= 11 is 1.37. The Hall–Kier alpha value is -0.470. The Balaban J connectivity index is 2.04. The summed E-state index contributed by atoms with van der Waals surface area (Å²) in [6, 6.07) is 3.64. The van der Waals surface area contributed by atoms with Crippen molar-refractivity contribution in [1.82, 2.24) is 14.5 Å². The van der Waals surface area contributed by atoms with E-state index in [1.54, 1.807) is 10.4 Å². The van der Waals surface area contributed by atoms with Crippen LogP contribution >= 0.6 is 11.3 Å². The molecule has 5 nitrogen and oxygen atoms in total. The van der Waals surface area contributed by atoms with Gasteiger partial charge in [0, 0.05) is 37.6 Å². The van der Waals surface area contributed by atoms with Crippen LogP contribution in [0.15, 0.2) is 16.3 Å². The first-order valence-electron chi connectivity index (χ1n) is 7.09. The van der Waals surface area contributed by atoms with Gasteiger partial charge in [0.25, 0.3) is 10.0 Å². The Kier molecular flexibility index (Phi) is 5.57. The molecule has 2 heterocycles. The van der Waals surface area contributed by atoms with E-state index in [9.17, 15) is 8.42 Å². The van der Waals surface area contributed by atoms with E-state index in [4.69, 9.17) is 0 Å². The lowest BCUT2D eigenvalue weighted by Crippen LogP contribution is -2.48. The molecule has 1 aromatic rings. The average molecular weight is 317 g/mol. The fourth-order valence-corrected chi connectivity index (χ4v) is 5.16. The zero-order chi connectivity index (χ0) is 14.6. The number of hydrogen-bond donors (Lipinski definition) is 1. The maximum Gasteiger partial charge on any atom is 0.252 e. The first-order chi connectivity index (χ1) is 9.57. The van der Waals surface area contributed by atoms with Crippen molar-refractivity contribution in [1.29, 1.82) is 0 Å². The maximum absolute atomic E-state index is 12.6. The number of likely N-dealkylation sites (N-methyl/N-ethyl adjacent to an activating group) is 1. The molecule has 0 radical (unpaired) electrons. The van der Waals surface area contributed by atoms with Crippen molar-refractivity contribution in [2.75, 3.05) is 39.3 Å². The zero-order valence-electron chi connectivity index (χ0n) is 12.1. The van der Waals surface area contributed by atoms with Crippen LogP contribution in [0.1, 0.15) is 18.7 Å². The van der Waals surface area contributed by atoms with E-state index < -0.39 is 10.0 Å². The second kappa shape index (κ2) is 7.00. The van der Waals surface area contributed by atoms with Crippen LogP contribution in [0, 0.1) is 0 Å². The lowest BCUT2D eigenvalue weighted by molar-refractivity contribution is 0.196. The van der Waals surface area contributed by atoms with Crippen LogP contribution in [0.2, 0.25) is 0 Å². The number of nitrogens with zero attached hydrogens (tertiary/aromatic N) is 2. The molecule has 114 valence electrons. The normalized spacial score (nSPS) is 18.5. The minimum absolute atomic E-state index is 0.468. The van der Waals surface area contributed by atoms with Crippen LogP contribution in [0.4, 0.5) is 0 Å². The molecular formula is C13H23N3O2S2. The smallest absolute Gasteiger partial charge is 0.252 e. The number of hydrogen-bond acceptors (Lipinski definition) is 5. The monoisotopic (exact) mass is 317 g/mol. The molecule has 7 heteroatoms. The van der Waals surface area contributed by atoms with Gasteiger partial charge in [-0.15, -0.1) is 11.3 Å². The molecule has 1 fully saturated rings. The van der Waals surface area contributed by atoms with Gasteiger partial charge >= 0.3 is 0 Å². The van der Waals surface area contributed by atoms with Crippen molar-refractivity contribution < 1.29 is 8.42 Å². The van der Waals surface area contributed by atoms with Crippen molar-refractivity contribution in [2.24, 2.45) is 0 Å². The molecule has 0 amide bonds. The van der Waals surface area contributed by atoms with Crippen molar-refractivity contribution in [3.05, 3.63) is 17.0 Å².